The van der Waals surface area contributed by atoms with E-state index in [1.807, 2.05) is 48.5 Å². The predicted octanol–water partition coefficient (Wildman–Crippen LogP) is 5.19. The molecule has 8 rings (SSSR count). The zero-order valence-corrected chi connectivity index (χ0v) is 38.8. The van der Waals surface area contributed by atoms with Crippen LogP contribution in [0.1, 0.15) is 0 Å². The van der Waals surface area contributed by atoms with E-state index in [4.69, 9.17) is 4.74 Å². The molecule has 0 aromatic heterocycles. The van der Waals surface area contributed by atoms with E-state index in [0.29, 0.717) is 28.2 Å². The van der Waals surface area contributed by atoms with Crippen LogP contribution in [0.3, 0.4) is 0 Å². The second kappa shape index (κ2) is 21.5. The van der Waals surface area contributed by atoms with Gasteiger partial charge in [0.05, 0.1) is 23.4 Å². The summed E-state index contributed by atoms with van der Waals surface area (Å²) in [7, 11) is -3.24. The Morgan fingerprint density at radius 2 is 1.02 bits per heavy atom. The fourth-order valence-corrected chi connectivity index (χ4v) is 6.70. The first-order valence-corrected chi connectivity index (χ1v) is 18.7. The van der Waals surface area contributed by atoms with Gasteiger partial charge in [-0.15, -0.1) is 20.5 Å². The van der Waals surface area contributed by atoms with Crippen molar-refractivity contribution in [2.75, 3.05) is 7.11 Å². The van der Waals surface area contributed by atoms with Crippen molar-refractivity contribution < 1.29 is 115 Å². The normalized spacial score (nSPS) is 11.2. The summed E-state index contributed by atoms with van der Waals surface area (Å²) in [5.41, 5.74) is 1.66. The molecule has 0 saturated heterocycles. The largest absolute Gasteiger partial charge is 1.00 e. The standard InChI is InChI=1S/C23H18N4O3.C20H14N2O5S.Cr.2Na/c1-30-22-9-5-4-8-18(22)25-24-16-11-13-20(28)19(14-16)26-27-23-17-7-3-2-6-15(17)10-12-21(23)29;23-16-10-9-12-5-1-2-6-13(12)19(16)21-22-20-15-8-4-3-7-14(15)18(11-17(20)24)28(25,26)27;;;/h2-14,28-29H,1H3;1-11,23-24H,(H,25,26,27);;;/q;;;2*+1/p-2. The summed E-state index contributed by atoms with van der Waals surface area (Å²) >= 11 is 0. The van der Waals surface area contributed by atoms with Crippen LogP contribution in [-0.4, -0.2) is 35.4 Å². The van der Waals surface area contributed by atoms with Crippen LogP contribution in [-0.2, 0) is 27.5 Å². The number of phenols is 3. The van der Waals surface area contributed by atoms with E-state index in [-0.39, 0.29) is 122 Å². The monoisotopic (exact) mass is 888 g/mol. The van der Waals surface area contributed by atoms with E-state index >= 15 is 0 Å². The van der Waals surface area contributed by atoms with E-state index in [2.05, 4.69) is 30.7 Å². The fourth-order valence-electron chi connectivity index (χ4n) is 5.99. The van der Waals surface area contributed by atoms with Crippen LogP contribution in [0.2, 0.25) is 0 Å². The van der Waals surface area contributed by atoms with Crippen molar-refractivity contribution in [1.29, 1.82) is 0 Å². The minimum absolute atomic E-state index is 0. The zero-order valence-electron chi connectivity index (χ0n) is 32.7. The summed E-state index contributed by atoms with van der Waals surface area (Å²) in [5.74, 6) is -0.320. The summed E-state index contributed by atoms with van der Waals surface area (Å²) in [6.45, 7) is 0. The molecular weight excluding hydrogens is 859 g/mol. The molecule has 294 valence electrons. The Labute approximate surface area is 404 Å². The van der Waals surface area contributed by atoms with Gasteiger partial charge >= 0.3 is 59.1 Å². The number of benzene rings is 8. The molecule has 0 aliphatic rings. The summed E-state index contributed by atoms with van der Waals surface area (Å²) in [4.78, 5) is -0.547. The predicted molar refractivity (Wildman–Crippen MR) is 216 cm³/mol. The van der Waals surface area contributed by atoms with E-state index < -0.39 is 20.8 Å². The molecule has 0 atom stereocenters. The Kier molecular flexibility index (Phi) is 17.1. The second-order valence-electron chi connectivity index (χ2n) is 12.5. The molecule has 8 aromatic carbocycles. The Hall–Kier alpha value is -5.22. The Morgan fingerprint density at radius 3 is 1.69 bits per heavy atom. The van der Waals surface area contributed by atoms with Crippen LogP contribution in [0.25, 0.3) is 32.3 Å². The van der Waals surface area contributed by atoms with E-state index in [9.17, 15) is 33.4 Å². The number of hydrogen-bond acceptors (Lipinski definition) is 14. The molecule has 0 unspecified atom stereocenters. The molecule has 3 N–H and O–H groups in total. The SMILES string of the molecule is COc1ccccc1N=Nc1ccc(O)c(N=Nc2c(O)ccc3ccccc23)c1.O=S(=O)([O-])c1cc(O)c(N=Nc2c([O-])ccc3ccccc23)c2ccccc12.[Cr].[Na+].[Na+]. The van der Waals surface area contributed by atoms with Gasteiger partial charge in [0.15, 0.2) is 0 Å². The van der Waals surface area contributed by atoms with Crippen LogP contribution in [0.5, 0.6) is 28.7 Å². The molecule has 0 aliphatic carbocycles. The third kappa shape index (κ3) is 11.2. The summed E-state index contributed by atoms with van der Waals surface area (Å²) in [6.07, 6.45) is 0. The van der Waals surface area contributed by atoms with Crippen molar-refractivity contribution in [3.8, 4) is 28.7 Å². The van der Waals surface area contributed by atoms with Gasteiger partial charge in [0, 0.05) is 45.0 Å². The van der Waals surface area contributed by atoms with Gasteiger partial charge in [-0.3, -0.25) is 0 Å². The molecule has 0 radical (unpaired) electrons. The molecular formula is C43H30CrN6Na2O8S. The van der Waals surface area contributed by atoms with Crippen LogP contribution in [0.15, 0.2) is 181 Å². The van der Waals surface area contributed by atoms with Gasteiger partial charge in [0.25, 0.3) is 0 Å². The first-order valence-electron chi connectivity index (χ1n) is 17.3. The van der Waals surface area contributed by atoms with Gasteiger partial charge < -0.3 is 29.7 Å². The molecule has 14 nitrogen and oxygen atoms in total. The molecule has 0 bridgehead atoms. The first-order chi connectivity index (χ1) is 28.0. The Bertz CT molecular complexity index is 3070. The van der Waals surface area contributed by atoms with Crippen molar-refractivity contribution >= 4 is 76.6 Å². The van der Waals surface area contributed by atoms with Crippen LogP contribution in [0, 0.1) is 0 Å². The van der Waals surface area contributed by atoms with Crippen LogP contribution >= 0.6 is 0 Å². The van der Waals surface area contributed by atoms with Gasteiger partial charge in [-0.2, -0.15) is 10.2 Å². The number of methoxy groups -OCH3 is 1. The van der Waals surface area contributed by atoms with Gasteiger partial charge in [-0.25, -0.2) is 8.42 Å². The third-order valence-electron chi connectivity index (χ3n) is 8.80. The first kappa shape index (κ1) is 48.4. The average molecular weight is 889 g/mol. The molecule has 0 fully saturated rings. The summed E-state index contributed by atoms with van der Waals surface area (Å²) < 4.78 is 39.8. The van der Waals surface area contributed by atoms with Crippen molar-refractivity contribution in [2.45, 2.75) is 4.90 Å². The van der Waals surface area contributed by atoms with E-state index in [1.165, 1.54) is 24.3 Å². The van der Waals surface area contributed by atoms with Crippen molar-refractivity contribution in [1.82, 2.24) is 0 Å². The maximum Gasteiger partial charge on any atom is 1.00 e. The van der Waals surface area contributed by atoms with Gasteiger partial charge in [-0.1, -0.05) is 109 Å². The zero-order chi connectivity index (χ0) is 40.8. The molecule has 0 heterocycles. The topological polar surface area (TPSA) is 224 Å². The van der Waals surface area contributed by atoms with Gasteiger partial charge in [-0.05, 0) is 47.2 Å². The van der Waals surface area contributed by atoms with Crippen molar-refractivity contribution in [3.63, 3.8) is 0 Å². The number of ether oxygens (including phenoxy) is 1. The molecule has 0 aliphatic heterocycles. The van der Waals surface area contributed by atoms with Crippen LogP contribution in [0.4, 0.5) is 34.1 Å². The number of phenolic OH excluding ortho intramolecular Hbond substituents is 3. The number of aromatic hydroxyl groups is 3. The minimum Gasteiger partial charge on any atom is -0.871 e. The number of rotatable bonds is 8. The van der Waals surface area contributed by atoms with Crippen LogP contribution < -0.4 is 69.0 Å². The molecule has 8 aromatic rings. The number of hydrogen-bond donors (Lipinski definition) is 3. The Morgan fingerprint density at radius 1 is 0.508 bits per heavy atom. The van der Waals surface area contributed by atoms with Gasteiger partial charge in [0.2, 0.25) is 0 Å². The molecule has 61 heavy (non-hydrogen) atoms. The minimum atomic E-state index is -4.80. The van der Waals surface area contributed by atoms with E-state index in [0.717, 1.165) is 22.2 Å². The third-order valence-corrected chi connectivity index (χ3v) is 9.67. The second-order valence-corrected chi connectivity index (χ2v) is 13.8. The maximum absolute atomic E-state index is 12.3. The van der Waals surface area contributed by atoms with Gasteiger partial charge in [0.1, 0.15) is 55.9 Å². The number of para-hydroxylation sites is 1. The summed E-state index contributed by atoms with van der Waals surface area (Å²) in [6, 6.07) is 40.0. The molecule has 0 amide bonds. The number of fused-ring (bicyclic) bond motifs is 3. The molecule has 0 spiro atoms. The number of azo groups is 3. The van der Waals surface area contributed by atoms with E-state index in [1.54, 1.807) is 73.8 Å². The van der Waals surface area contributed by atoms with Crippen molar-refractivity contribution in [2.24, 2.45) is 30.7 Å². The maximum atomic E-state index is 12.3. The smallest absolute Gasteiger partial charge is 0.871 e. The average Bonchev–Trinajstić information content (AvgIpc) is 3.23. The Balaban J connectivity index is 0.000000257. The molecule has 18 heteroatoms. The fraction of sp³-hybridized carbons (Fsp3) is 0.0233. The number of nitrogens with zero attached hydrogens (tertiary/aromatic N) is 6. The summed E-state index contributed by atoms with van der Waals surface area (Å²) in [5, 5.41) is 71.1. The van der Waals surface area contributed by atoms with Crippen molar-refractivity contribution in [3.05, 3.63) is 146 Å². The molecule has 0 saturated carbocycles. The quantitative estimate of drug-likeness (QED) is 0.104.